The third-order valence-corrected chi connectivity index (χ3v) is 11.5. The fourth-order valence-corrected chi connectivity index (χ4v) is 8.08. The molecule has 51 heavy (non-hydrogen) atoms. The first-order valence-electron chi connectivity index (χ1n) is 22.9. The highest BCUT2D eigenvalue weighted by Gasteiger charge is 2.35. The molecule has 0 aliphatic carbocycles. The van der Waals surface area contributed by atoms with Crippen LogP contribution in [0.4, 0.5) is 0 Å². The number of hydrogen-bond acceptors (Lipinski definition) is 2. The molecule has 0 radical (unpaired) electrons. The molecule has 0 aliphatic rings. The summed E-state index contributed by atoms with van der Waals surface area (Å²) < 4.78 is 0. The average Bonchev–Trinajstić information content (AvgIpc) is 3.17. The Morgan fingerprint density at radius 1 is 0.333 bits per heavy atom. The molecule has 2 nitrogen and oxygen atoms in total. The topological polar surface area (TPSA) is 29.3 Å². The van der Waals surface area contributed by atoms with Gasteiger partial charge in [0.15, 0.2) is 0 Å². The van der Waals surface area contributed by atoms with Gasteiger partial charge in [0.05, 0.1) is 0 Å². The van der Waals surface area contributed by atoms with Gasteiger partial charge in [-0.15, -0.1) is 0 Å². The maximum Gasteiger partial charge on any atom is 0.121 e. The van der Waals surface area contributed by atoms with Crippen LogP contribution in [0.25, 0.3) is 0 Å². The van der Waals surface area contributed by atoms with Gasteiger partial charge in [-0.05, 0) is 24.0 Å². The maximum absolute atomic E-state index is 7.54. The molecule has 0 amide bonds. The minimum Gasteiger partial charge on any atom is -0.305 e. The molecule has 0 fully saturated rings. The van der Waals surface area contributed by atoms with Gasteiger partial charge in [-0.2, -0.15) is 0 Å². The molecule has 0 saturated heterocycles. The Hall–Kier alpha value is -1.64. The quantitative estimate of drug-likeness (QED) is 0.0561. The normalized spacial score (nSPS) is 11.9. The molecular formula is C49H86N2. The molecule has 0 bridgehead atoms. The van der Waals surface area contributed by atoms with Crippen molar-refractivity contribution in [2.75, 3.05) is 13.1 Å². The summed E-state index contributed by atoms with van der Waals surface area (Å²) in [5, 5.41) is 0. The van der Waals surface area contributed by atoms with E-state index >= 15 is 0 Å². The summed E-state index contributed by atoms with van der Waals surface area (Å²) in [6, 6.07) is 21.8. The van der Waals surface area contributed by atoms with Gasteiger partial charge in [-0.1, -0.05) is 267 Å². The average molecular weight is 703 g/mol. The number of unbranched alkanes of at least 4 members (excludes halogenated alkanes) is 30. The van der Waals surface area contributed by atoms with Crippen LogP contribution in [0.5, 0.6) is 0 Å². The number of nitrogens with zero attached hydrogens (tertiary/aromatic N) is 1. The van der Waals surface area contributed by atoms with Gasteiger partial charge < -0.3 is 5.73 Å². The van der Waals surface area contributed by atoms with Gasteiger partial charge in [-0.25, -0.2) is 0 Å². The van der Waals surface area contributed by atoms with E-state index in [0.29, 0.717) is 0 Å². The Morgan fingerprint density at radius 2 is 0.549 bits per heavy atom. The van der Waals surface area contributed by atoms with Crippen LogP contribution in [-0.4, -0.2) is 18.0 Å². The zero-order chi connectivity index (χ0) is 36.3. The first-order chi connectivity index (χ1) is 25.2. The number of nitrogens with two attached hydrogens (primary N) is 1. The van der Waals surface area contributed by atoms with Crippen molar-refractivity contribution in [1.82, 2.24) is 4.90 Å². The van der Waals surface area contributed by atoms with Crippen LogP contribution in [0.15, 0.2) is 60.7 Å². The fraction of sp³-hybridized carbons (Fsp3) is 0.755. The van der Waals surface area contributed by atoms with Crippen molar-refractivity contribution in [3.8, 4) is 0 Å². The number of benzene rings is 2. The molecule has 2 N–H and O–H groups in total. The van der Waals surface area contributed by atoms with E-state index in [9.17, 15) is 0 Å². The van der Waals surface area contributed by atoms with Gasteiger partial charge in [0, 0.05) is 13.1 Å². The van der Waals surface area contributed by atoms with Crippen molar-refractivity contribution in [2.45, 2.75) is 225 Å². The lowest BCUT2D eigenvalue weighted by Crippen LogP contribution is -2.54. The molecule has 0 unspecified atom stereocenters. The second-order valence-electron chi connectivity index (χ2n) is 16.1. The standard InChI is InChI=1S/C49H86N2/c1-3-5-7-9-11-13-15-17-19-21-23-25-27-29-31-39-45-51(49(50,47-41-35-33-36-42-47)48-43-37-34-38-44-48)46-40-32-30-28-26-24-22-20-18-16-14-12-10-8-6-4-2/h33-38,41-44H,3-32,39-40,45-46,50H2,1-2H3. The summed E-state index contributed by atoms with van der Waals surface area (Å²) in [5.41, 5.74) is 9.38. The van der Waals surface area contributed by atoms with Crippen LogP contribution < -0.4 is 5.73 Å². The third-order valence-electron chi connectivity index (χ3n) is 11.5. The number of rotatable bonds is 37. The maximum atomic E-state index is 7.54. The SMILES string of the molecule is CCCCCCCCCCCCCCCCCCN(CCCCCCCCCCCCCCCCCC)C(N)(c1ccccc1)c1ccccc1. The lowest BCUT2D eigenvalue weighted by molar-refractivity contribution is 0.121. The summed E-state index contributed by atoms with van der Waals surface area (Å²) in [4.78, 5) is 2.63. The Balaban J connectivity index is 1.69. The van der Waals surface area contributed by atoms with Crippen molar-refractivity contribution in [3.63, 3.8) is 0 Å². The molecule has 2 aromatic carbocycles. The van der Waals surface area contributed by atoms with Gasteiger partial charge in [0.1, 0.15) is 5.66 Å². The molecule has 0 aromatic heterocycles. The summed E-state index contributed by atoms with van der Waals surface area (Å²) in [5.74, 6) is 0. The molecule has 0 saturated carbocycles. The van der Waals surface area contributed by atoms with Crippen molar-refractivity contribution < 1.29 is 0 Å². The monoisotopic (exact) mass is 703 g/mol. The van der Waals surface area contributed by atoms with E-state index in [2.05, 4.69) is 79.4 Å². The van der Waals surface area contributed by atoms with Crippen LogP contribution in [-0.2, 0) is 5.66 Å². The molecule has 0 heterocycles. The van der Waals surface area contributed by atoms with E-state index in [1.54, 1.807) is 0 Å². The number of hydrogen-bond donors (Lipinski definition) is 1. The van der Waals surface area contributed by atoms with Crippen molar-refractivity contribution in [2.24, 2.45) is 5.73 Å². The zero-order valence-corrected chi connectivity index (χ0v) is 34.3. The van der Waals surface area contributed by atoms with Gasteiger partial charge in [0.25, 0.3) is 0 Å². The molecule has 2 rings (SSSR count). The highest BCUT2D eigenvalue weighted by atomic mass is 15.3. The second-order valence-corrected chi connectivity index (χ2v) is 16.1. The first kappa shape index (κ1) is 45.5. The molecule has 0 spiro atoms. The van der Waals surface area contributed by atoms with Gasteiger partial charge in [0.2, 0.25) is 0 Å². The van der Waals surface area contributed by atoms with E-state index in [0.717, 1.165) is 13.1 Å². The Labute approximate surface area is 319 Å². The van der Waals surface area contributed by atoms with Crippen LogP contribution >= 0.6 is 0 Å². The Bertz CT molecular complexity index is 897. The molecule has 0 atom stereocenters. The lowest BCUT2D eigenvalue weighted by Gasteiger charge is -2.42. The smallest absolute Gasteiger partial charge is 0.121 e. The largest absolute Gasteiger partial charge is 0.305 e. The van der Waals surface area contributed by atoms with Crippen LogP contribution in [0.1, 0.15) is 230 Å². The van der Waals surface area contributed by atoms with E-state index < -0.39 is 5.66 Å². The highest BCUT2D eigenvalue weighted by Crippen LogP contribution is 2.32. The van der Waals surface area contributed by atoms with Crippen molar-refractivity contribution in [1.29, 1.82) is 0 Å². The lowest BCUT2D eigenvalue weighted by atomic mass is 9.89. The summed E-state index contributed by atoms with van der Waals surface area (Å²) in [6.45, 7) is 6.75. The fourth-order valence-electron chi connectivity index (χ4n) is 8.08. The summed E-state index contributed by atoms with van der Waals surface area (Å²) in [6.07, 6.45) is 45.0. The van der Waals surface area contributed by atoms with E-state index in [1.807, 2.05) is 0 Å². The minimum atomic E-state index is -0.590. The van der Waals surface area contributed by atoms with E-state index in [4.69, 9.17) is 5.73 Å². The molecule has 2 aromatic rings. The van der Waals surface area contributed by atoms with Crippen LogP contribution in [0.3, 0.4) is 0 Å². The van der Waals surface area contributed by atoms with Gasteiger partial charge >= 0.3 is 0 Å². The predicted molar refractivity (Wildman–Crippen MR) is 229 cm³/mol. The molecule has 2 heteroatoms. The third kappa shape index (κ3) is 22.2. The first-order valence-corrected chi connectivity index (χ1v) is 22.9. The molecule has 0 aliphatic heterocycles. The predicted octanol–water partition coefficient (Wildman–Crippen LogP) is 15.7. The second kappa shape index (κ2) is 33.0. The van der Waals surface area contributed by atoms with Crippen LogP contribution in [0.2, 0.25) is 0 Å². The van der Waals surface area contributed by atoms with Crippen molar-refractivity contribution in [3.05, 3.63) is 71.8 Å². The van der Waals surface area contributed by atoms with E-state index in [1.165, 1.54) is 217 Å². The van der Waals surface area contributed by atoms with Crippen molar-refractivity contribution >= 4 is 0 Å². The Kier molecular flexibility index (Phi) is 29.4. The van der Waals surface area contributed by atoms with E-state index in [-0.39, 0.29) is 0 Å². The summed E-state index contributed by atoms with van der Waals surface area (Å²) in [7, 11) is 0. The Morgan fingerprint density at radius 3 is 0.784 bits per heavy atom. The molecular weight excluding hydrogens is 617 g/mol. The summed E-state index contributed by atoms with van der Waals surface area (Å²) >= 11 is 0. The van der Waals surface area contributed by atoms with Gasteiger partial charge in [-0.3, -0.25) is 4.90 Å². The highest BCUT2D eigenvalue weighted by molar-refractivity contribution is 5.37. The molecule has 292 valence electrons. The zero-order valence-electron chi connectivity index (χ0n) is 34.3. The minimum absolute atomic E-state index is 0.590. The van der Waals surface area contributed by atoms with Crippen LogP contribution in [0, 0.1) is 0 Å².